The SMILES string of the molecule is C1=CCCC(CC2=C(Cc3ccccc3)OC=CO2)=C1. The first-order chi connectivity index (χ1) is 9.92. The molecular formula is C18H18O2. The van der Waals surface area contributed by atoms with Crippen molar-refractivity contribution >= 4 is 0 Å². The van der Waals surface area contributed by atoms with Crippen LogP contribution in [0.25, 0.3) is 0 Å². The van der Waals surface area contributed by atoms with Gasteiger partial charge in [0.05, 0.1) is 0 Å². The molecule has 1 heterocycles. The summed E-state index contributed by atoms with van der Waals surface area (Å²) in [6, 6.07) is 10.3. The zero-order valence-corrected chi connectivity index (χ0v) is 11.4. The van der Waals surface area contributed by atoms with E-state index >= 15 is 0 Å². The highest BCUT2D eigenvalue weighted by molar-refractivity contribution is 5.27. The molecule has 0 unspecified atom stereocenters. The third kappa shape index (κ3) is 3.21. The molecule has 0 atom stereocenters. The first-order valence-electron chi connectivity index (χ1n) is 7.01. The van der Waals surface area contributed by atoms with Crippen molar-refractivity contribution in [2.45, 2.75) is 25.7 Å². The molecule has 1 aliphatic heterocycles. The monoisotopic (exact) mass is 266 g/mol. The van der Waals surface area contributed by atoms with Gasteiger partial charge in [-0.3, -0.25) is 0 Å². The number of rotatable bonds is 4. The Bertz CT molecular complexity index is 577. The molecule has 1 aromatic rings. The fourth-order valence-corrected chi connectivity index (χ4v) is 2.42. The number of ether oxygens (including phenoxy) is 2. The van der Waals surface area contributed by atoms with Crippen molar-refractivity contribution in [1.82, 2.24) is 0 Å². The molecule has 0 amide bonds. The smallest absolute Gasteiger partial charge is 0.146 e. The van der Waals surface area contributed by atoms with Crippen LogP contribution in [0.2, 0.25) is 0 Å². The Morgan fingerprint density at radius 1 is 0.900 bits per heavy atom. The third-order valence-electron chi connectivity index (χ3n) is 3.48. The van der Waals surface area contributed by atoms with E-state index in [1.165, 1.54) is 11.1 Å². The minimum atomic E-state index is 0.767. The quantitative estimate of drug-likeness (QED) is 0.791. The largest absolute Gasteiger partial charge is 0.462 e. The zero-order valence-electron chi connectivity index (χ0n) is 11.4. The molecule has 0 radical (unpaired) electrons. The van der Waals surface area contributed by atoms with Gasteiger partial charge in [0.2, 0.25) is 0 Å². The molecular weight excluding hydrogens is 248 g/mol. The van der Waals surface area contributed by atoms with Crippen molar-refractivity contribution in [2.24, 2.45) is 0 Å². The van der Waals surface area contributed by atoms with Crippen molar-refractivity contribution in [3.63, 3.8) is 0 Å². The predicted octanol–water partition coefficient (Wildman–Crippen LogP) is 4.63. The molecule has 2 nitrogen and oxygen atoms in total. The highest BCUT2D eigenvalue weighted by Crippen LogP contribution is 2.27. The van der Waals surface area contributed by atoms with Crippen molar-refractivity contribution < 1.29 is 9.47 Å². The minimum Gasteiger partial charge on any atom is -0.462 e. The van der Waals surface area contributed by atoms with E-state index in [9.17, 15) is 0 Å². The van der Waals surface area contributed by atoms with E-state index in [1.54, 1.807) is 12.5 Å². The van der Waals surface area contributed by atoms with Crippen LogP contribution in [0, 0.1) is 0 Å². The average molecular weight is 266 g/mol. The van der Waals surface area contributed by atoms with Crippen LogP contribution in [-0.2, 0) is 15.9 Å². The van der Waals surface area contributed by atoms with Gasteiger partial charge in [-0.05, 0) is 18.4 Å². The second kappa shape index (κ2) is 6.29. The van der Waals surface area contributed by atoms with Gasteiger partial charge in [0.15, 0.2) is 0 Å². The summed E-state index contributed by atoms with van der Waals surface area (Å²) in [5, 5.41) is 0. The Kier molecular flexibility index (Phi) is 4.02. The van der Waals surface area contributed by atoms with Gasteiger partial charge in [-0.25, -0.2) is 0 Å². The van der Waals surface area contributed by atoms with E-state index in [1.807, 2.05) is 18.2 Å². The lowest BCUT2D eigenvalue weighted by molar-refractivity contribution is 0.216. The molecule has 3 rings (SSSR count). The van der Waals surface area contributed by atoms with Gasteiger partial charge in [-0.2, -0.15) is 0 Å². The van der Waals surface area contributed by atoms with Gasteiger partial charge in [0, 0.05) is 12.8 Å². The molecule has 102 valence electrons. The van der Waals surface area contributed by atoms with Crippen molar-refractivity contribution in [1.29, 1.82) is 0 Å². The summed E-state index contributed by atoms with van der Waals surface area (Å²) in [6.45, 7) is 0. The summed E-state index contributed by atoms with van der Waals surface area (Å²) in [6.07, 6.45) is 13.5. The van der Waals surface area contributed by atoms with Crippen molar-refractivity contribution in [3.05, 3.63) is 83.7 Å². The Balaban J connectivity index is 1.77. The first-order valence-corrected chi connectivity index (χ1v) is 7.01. The molecule has 1 aromatic carbocycles. The Labute approximate surface area is 119 Å². The average Bonchev–Trinajstić information content (AvgIpc) is 2.51. The summed E-state index contributed by atoms with van der Waals surface area (Å²) in [4.78, 5) is 0. The maximum Gasteiger partial charge on any atom is 0.146 e. The van der Waals surface area contributed by atoms with Crippen LogP contribution in [0.1, 0.15) is 24.8 Å². The van der Waals surface area contributed by atoms with Gasteiger partial charge in [-0.15, -0.1) is 0 Å². The van der Waals surface area contributed by atoms with Crippen LogP contribution in [0.4, 0.5) is 0 Å². The van der Waals surface area contributed by atoms with Gasteiger partial charge < -0.3 is 9.47 Å². The highest BCUT2D eigenvalue weighted by atomic mass is 16.5. The van der Waals surface area contributed by atoms with E-state index in [2.05, 4.69) is 30.4 Å². The number of hydrogen-bond acceptors (Lipinski definition) is 2. The Morgan fingerprint density at radius 3 is 2.35 bits per heavy atom. The molecule has 0 aromatic heterocycles. The summed E-state index contributed by atoms with van der Waals surface area (Å²) < 4.78 is 11.3. The topological polar surface area (TPSA) is 18.5 Å². The second-order valence-corrected chi connectivity index (χ2v) is 4.99. The molecule has 0 spiro atoms. The standard InChI is InChI=1S/C18H18O2/c1-3-7-15(8-4-1)13-17-18(20-12-11-19-17)14-16-9-5-2-6-10-16/h1-5,7-9,11-12H,6,10,13-14H2. The lowest BCUT2D eigenvalue weighted by Crippen LogP contribution is -2.05. The molecule has 2 aliphatic rings. The fraction of sp³-hybridized carbons (Fsp3) is 0.222. The summed E-state index contributed by atoms with van der Waals surface area (Å²) in [7, 11) is 0. The normalized spacial score (nSPS) is 17.5. The highest BCUT2D eigenvalue weighted by Gasteiger charge is 2.15. The van der Waals surface area contributed by atoms with E-state index in [-0.39, 0.29) is 0 Å². The molecule has 20 heavy (non-hydrogen) atoms. The van der Waals surface area contributed by atoms with Crippen LogP contribution in [0.3, 0.4) is 0 Å². The number of benzene rings is 1. The molecule has 0 bridgehead atoms. The minimum absolute atomic E-state index is 0.767. The van der Waals surface area contributed by atoms with E-state index in [4.69, 9.17) is 9.47 Å². The van der Waals surface area contributed by atoms with Crippen LogP contribution < -0.4 is 0 Å². The summed E-state index contributed by atoms with van der Waals surface area (Å²) in [5.74, 6) is 1.84. The summed E-state index contributed by atoms with van der Waals surface area (Å²) in [5.41, 5.74) is 2.63. The fourth-order valence-electron chi connectivity index (χ4n) is 2.42. The molecule has 2 heteroatoms. The number of allylic oxidation sites excluding steroid dienone is 5. The lowest BCUT2D eigenvalue weighted by Gasteiger charge is -2.19. The van der Waals surface area contributed by atoms with Crippen LogP contribution in [0.15, 0.2) is 78.2 Å². The van der Waals surface area contributed by atoms with E-state index in [0.717, 1.165) is 37.2 Å². The summed E-state index contributed by atoms with van der Waals surface area (Å²) >= 11 is 0. The Hall–Kier alpha value is -2.22. The van der Waals surface area contributed by atoms with Crippen LogP contribution >= 0.6 is 0 Å². The zero-order chi connectivity index (χ0) is 13.6. The van der Waals surface area contributed by atoms with Crippen LogP contribution in [0.5, 0.6) is 0 Å². The molecule has 1 aliphatic carbocycles. The predicted molar refractivity (Wildman–Crippen MR) is 79.6 cm³/mol. The second-order valence-electron chi connectivity index (χ2n) is 4.99. The van der Waals surface area contributed by atoms with Crippen LogP contribution in [-0.4, -0.2) is 0 Å². The molecule has 0 saturated carbocycles. The molecule has 0 saturated heterocycles. The lowest BCUT2D eigenvalue weighted by atomic mass is 9.99. The van der Waals surface area contributed by atoms with Gasteiger partial charge in [-0.1, -0.05) is 54.1 Å². The van der Waals surface area contributed by atoms with Gasteiger partial charge >= 0.3 is 0 Å². The van der Waals surface area contributed by atoms with Gasteiger partial charge in [0.1, 0.15) is 24.0 Å². The maximum absolute atomic E-state index is 5.67. The maximum atomic E-state index is 5.67. The van der Waals surface area contributed by atoms with Gasteiger partial charge in [0.25, 0.3) is 0 Å². The first kappa shape index (κ1) is 12.8. The molecule has 0 fully saturated rings. The molecule has 0 N–H and O–H groups in total. The third-order valence-corrected chi connectivity index (χ3v) is 3.48. The van der Waals surface area contributed by atoms with Crippen molar-refractivity contribution in [2.75, 3.05) is 0 Å². The Morgan fingerprint density at radius 2 is 1.65 bits per heavy atom. The number of hydrogen-bond donors (Lipinski definition) is 0. The van der Waals surface area contributed by atoms with E-state index in [0.29, 0.717) is 0 Å². The van der Waals surface area contributed by atoms with Crippen molar-refractivity contribution in [3.8, 4) is 0 Å². The van der Waals surface area contributed by atoms with E-state index < -0.39 is 0 Å².